The molecule has 1 rings (SSSR count). The average Bonchev–Trinajstić information content (AvgIpc) is 1.98. The number of hydrogen-bond acceptors (Lipinski definition) is 3. The molecule has 0 radical (unpaired) electrons. The molecule has 0 aromatic carbocycles. The molecule has 0 fully saturated rings. The molecule has 0 spiro atoms. The van der Waals surface area contributed by atoms with Crippen LogP contribution in [0.5, 0.6) is 0 Å². The van der Waals surface area contributed by atoms with Crippen molar-refractivity contribution in [1.29, 1.82) is 5.26 Å². The summed E-state index contributed by atoms with van der Waals surface area (Å²) in [6.07, 6.45) is 1.60. The molecule has 0 N–H and O–H groups in total. The Bertz CT molecular complexity index is 347. The summed E-state index contributed by atoms with van der Waals surface area (Å²) in [5.41, 5.74) is 0.390. The van der Waals surface area contributed by atoms with Crippen LogP contribution in [0.25, 0.3) is 0 Å². The van der Waals surface area contributed by atoms with Crippen molar-refractivity contribution in [3.05, 3.63) is 28.4 Å². The Morgan fingerprint density at radius 2 is 2.55 bits per heavy atom. The Hall–Kier alpha value is -1.63. The number of aryl methyl sites for hydroxylation is 1. The van der Waals surface area contributed by atoms with Gasteiger partial charge in [0.1, 0.15) is 0 Å². The molecule has 0 atom stereocenters. The smallest absolute Gasteiger partial charge is 0.253 e. The van der Waals surface area contributed by atoms with E-state index in [9.17, 15) is 4.79 Å². The second-order valence-electron chi connectivity index (χ2n) is 2.16. The fourth-order valence-electron chi connectivity index (χ4n) is 0.677. The van der Waals surface area contributed by atoms with Crippen LogP contribution in [0.2, 0.25) is 0 Å². The first-order valence-electron chi connectivity index (χ1n) is 3.12. The average molecular weight is 149 g/mol. The van der Waals surface area contributed by atoms with Crippen LogP contribution in [-0.4, -0.2) is 9.55 Å². The molecule has 4 nitrogen and oxygen atoms in total. The van der Waals surface area contributed by atoms with Gasteiger partial charge in [-0.25, -0.2) is 4.98 Å². The van der Waals surface area contributed by atoms with Gasteiger partial charge in [-0.15, -0.1) is 0 Å². The van der Waals surface area contributed by atoms with E-state index in [4.69, 9.17) is 5.26 Å². The fraction of sp³-hybridized carbons (Fsp3) is 0.286. The first-order chi connectivity index (χ1) is 5.24. The normalized spacial score (nSPS) is 9.09. The van der Waals surface area contributed by atoms with Crippen molar-refractivity contribution >= 4 is 0 Å². The molecule has 0 aliphatic rings. The van der Waals surface area contributed by atoms with Crippen LogP contribution in [0.1, 0.15) is 5.69 Å². The van der Waals surface area contributed by atoms with Crippen molar-refractivity contribution < 1.29 is 0 Å². The lowest BCUT2D eigenvalue weighted by molar-refractivity contribution is 0.808. The van der Waals surface area contributed by atoms with Crippen molar-refractivity contribution in [2.75, 3.05) is 0 Å². The zero-order valence-corrected chi connectivity index (χ0v) is 6.11. The molecule has 1 aromatic rings. The summed E-state index contributed by atoms with van der Waals surface area (Å²) in [6, 6.07) is 3.28. The number of nitrogens with zero attached hydrogens (tertiary/aromatic N) is 3. The van der Waals surface area contributed by atoms with Gasteiger partial charge >= 0.3 is 0 Å². The van der Waals surface area contributed by atoms with Gasteiger partial charge in [-0.05, 0) is 0 Å². The molecule has 0 bridgehead atoms. The lowest BCUT2D eigenvalue weighted by atomic mass is 10.3. The Balaban J connectivity index is 3.08. The zero-order chi connectivity index (χ0) is 8.27. The predicted octanol–water partition coefficient (Wildman–Crippen LogP) is -0.154. The van der Waals surface area contributed by atoms with Crippen molar-refractivity contribution in [1.82, 2.24) is 9.55 Å². The summed E-state index contributed by atoms with van der Waals surface area (Å²) in [7, 11) is 1.62. The largest absolute Gasteiger partial charge is 0.302 e. The first kappa shape index (κ1) is 7.48. The fourth-order valence-corrected chi connectivity index (χ4v) is 0.677. The first-order valence-corrected chi connectivity index (χ1v) is 3.12. The van der Waals surface area contributed by atoms with E-state index in [-0.39, 0.29) is 12.0 Å². The number of nitriles is 1. The molecule has 4 heteroatoms. The maximum Gasteiger partial charge on any atom is 0.253 e. The van der Waals surface area contributed by atoms with E-state index in [0.29, 0.717) is 5.69 Å². The molecule has 0 saturated heterocycles. The molecular weight excluding hydrogens is 142 g/mol. The molecule has 11 heavy (non-hydrogen) atoms. The van der Waals surface area contributed by atoms with Gasteiger partial charge < -0.3 is 4.57 Å². The van der Waals surface area contributed by atoms with Crippen LogP contribution >= 0.6 is 0 Å². The minimum absolute atomic E-state index is 0.134. The third-order valence-corrected chi connectivity index (χ3v) is 1.29. The highest BCUT2D eigenvalue weighted by atomic mass is 16.1. The third kappa shape index (κ3) is 1.64. The van der Waals surface area contributed by atoms with Gasteiger partial charge in [-0.2, -0.15) is 5.26 Å². The lowest BCUT2D eigenvalue weighted by Gasteiger charge is -1.95. The Labute approximate surface area is 63.7 Å². The molecule has 1 heterocycles. The summed E-state index contributed by atoms with van der Waals surface area (Å²) in [5.74, 6) is 0. The second-order valence-corrected chi connectivity index (χ2v) is 2.16. The summed E-state index contributed by atoms with van der Waals surface area (Å²) in [6.45, 7) is 0. The maximum absolute atomic E-state index is 10.9. The molecule has 56 valence electrons. The van der Waals surface area contributed by atoms with Crippen LogP contribution in [-0.2, 0) is 13.5 Å². The van der Waals surface area contributed by atoms with E-state index in [0.717, 1.165) is 0 Å². The van der Waals surface area contributed by atoms with Gasteiger partial charge in [0.15, 0.2) is 0 Å². The highest BCUT2D eigenvalue weighted by Gasteiger charge is 1.94. The van der Waals surface area contributed by atoms with Crippen LogP contribution in [0.3, 0.4) is 0 Å². The van der Waals surface area contributed by atoms with Gasteiger partial charge in [-0.3, -0.25) is 4.79 Å². The van der Waals surface area contributed by atoms with Crippen LogP contribution in [0.15, 0.2) is 17.2 Å². The second kappa shape index (κ2) is 2.97. The highest BCUT2D eigenvalue weighted by molar-refractivity contribution is 5.04. The monoisotopic (exact) mass is 149 g/mol. The summed E-state index contributed by atoms with van der Waals surface area (Å²) in [5, 5.41) is 8.28. The van der Waals surface area contributed by atoms with Gasteiger partial charge in [-0.1, -0.05) is 0 Å². The quantitative estimate of drug-likeness (QED) is 0.557. The van der Waals surface area contributed by atoms with E-state index in [1.54, 1.807) is 7.05 Å². The van der Waals surface area contributed by atoms with Gasteiger partial charge in [0.2, 0.25) is 0 Å². The summed E-state index contributed by atoms with van der Waals surface area (Å²) in [4.78, 5) is 14.8. The van der Waals surface area contributed by atoms with E-state index in [1.807, 2.05) is 6.07 Å². The van der Waals surface area contributed by atoms with E-state index in [2.05, 4.69) is 4.98 Å². The van der Waals surface area contributed by atoms with Crippen molar-refractivity contribution in [2.45, 2.75) is 6.42 Å². The predicted molar refractivity (Wildman–Crippen MR) is 38.8 cm³/mol. The molecular formula is C7H7N3O. The number of aromatic nitrogens is 2. The van der Waals surface area contributed by atoms with Gasteiger partial charge in [0.25, 0.3) is 5.56 Å². The van der Waals surface area contributed by atoms with Gasteiger partial charge in [0.05, 0.1) is 24.5 Å². The Morgan fingerprint density at radius 3 is 3.09 bits per heavy atom. The molecule has 0 amide bonds. The van der Waals surface area contributed by atoms with Gasteiger partial charge in [0, 0.05) is 13.1 Å². The molecule has 0 aliphatic heterocycles. The van der Waals surface area contributed by atoms with E-state index < -0.39 is 0 Å². The minimum Gasteiger partial charge on any atom is -0.302 e. The number of rotatable bonds is 1. The Morgan fingerprint density at radius 1 is 1.82 bits per heavy atom. The van der Waals surface area contributed by atoms with Crippen molar-refractivity contribution in [3.8, 4) is 6.07 Å². The number of hydrogen-bond donors (Lipinski definition) is 0. The van der Waals surface area contributed by atoms with E-state index in [1.165, 1.54) is 17.0 Å². The minimum atomic E-state index is -0.134. The zero-order valence-electron chi connectivity index (χ0n) is 6.11. The van der Waals surface area contributed by atoms with E-state index >= 15 is 0 Å². The summed E-state index contributed by atoms with van der Waals surface area (Å²) >= 11 is 0. The van der Waals surface area contributed by atoms with Crippen LogP contribution < -0.4 is 5.56 Å². The molecule has 1 aromatic heterocycles. The third-order valence-electron chi connectivity index (χ3n) is 1.29. The molecule has 0 aliphatic carbocycles. The molecule has 0 unspecified atom stereocenters. The van der Waals surface area contributed by atoms with Crippen molar-refractivity contribution in [2.24, 2.45) is 7.05 Å². The Kier molecular flexibility index (Phi) is 2.02. The van der Waals surface area contributed by atoms with Crippen LogP contribution in [0, 0.1) is 11.3 Å². The summed E-state index contributed by atoms with van der Waals surface area (Å²) < 4.78 is 1.36. The molecule has 0 saturated carbocycles. The van der Waals surface area contributed by atoms with Crippen molar-refractivity contribution in [3.63, 3.8) is 0 Å². The SMILES string of the molecule is Cn1cnc(CC#N)cc1=O. The van der Waals surface area contributed by atoms with Crippen LogP contribution in [0.4, 0.5) is 0 Å². The lowest BCUT2D eigenvalue weighted by Crippen LogP contribution is -2.16. The highest BCUT2D eigenvalue weighted by Crippen LogP contribution is 1.87. The topological polar surface area (TPSA) is 58.7 Å². The maximum atomic E-state index is 10.9. The standard InChI is InChI=1S/C7H7N3O/c1-10-5-9-6(2-3-8)4-7(10)11/h4-5H,2H2,1H3.